The summed E-state index contributed by atoms with van der Waals surface area (Å²) in [4.78, 5) is 0. The first kappa shape index (κ1) is 12.5. The van der Waals surface area contributed by atoms with Gasteiger partial charge in [-0.25, -0.2) is 0 Å². The zero-order valence-corrected chi connectivity index (χ0v) is 11.2. The summed E-state index contributed by atoms with van der Waals surface area (Å²) in [7, 11) is 1.67. The van der Waals surface area contributed by atoms with Gasteiger partial charge in [0.25, 0.3) is 0 Å². The summed E-state index contributed by atoms with van der Waals surface area (Å²) >= 11 is 0. The number of rotatable bonds is 3. The number of aromatic nitrogens is 2. The van der Waals surface area contributed by atoms with E-state index >= 15 is 0 Å². The van der Waals surface area contributed by atoms with Gasteiger partial charge in [-0.05, 0) is 36.1 Å². The maximum Gasteiger partial charge on any atom is 0.153 e. The summed E-state index contributed by atoms with van der Waals surface area (Å²) in [5.74, 6) is 1.78. The minimum Gasteiger partial charge on any atom is -0.496 e. The molecule has 1 aromatic carbocycles. The molecule has 0 saturated carbocycles. The van der Waals surface area contributed by atoms with Crippen LogP contribution in [0, 0.1) is 6.92 Å². The summed E-state index contributed by atoms with van der Waals surface area (Å²) in [6, 6.07) is 6.05. The molecule has 0 atom stereocenters. The predicted molar refractivity (Wildman–Crippen MR) is 73.8 cm³/mol. The minimum atomic E-state index is 0.354. The van der Waals surface area contributed by atoms with Crippen molar-refractivity contribution in [2.24, 2.45) is 0 Å². The van der Waals surface area contributed by atoms with Crippen LogP contribution in [0.25, 0.3) is 11.1 Å². The molecular formula is C14H19N3O. The Morgan fingerprint density at radius 1 is 1.33 bits per heavy atom. The second-order valence-corrected chi connectivity index (χ2v) is 4.74. The van der Waals surface area contributed by atoms with Crippen molar-refractivity contribution in [3.05, 3.63) is 29.5 Å². The second-order valence-electron chi connectivity index (χ2n) is 4.74. The Morgan fingerprint density at radius 3 is 2.61 bits per heavy atom. The third-order valence-electron chi connectivity index (χ3n) is 3.08. The van der Waals surface area contributed by atoms with E-state index in [4.69, 9.17) is 10.5 Å². The van der Waals surface area contributed by atoms with Gasteiger partial charge in [0.15, 0.2) is 5.82 Å². The van der Waals surface area contributed by atoms with Gasteiger partial charge in [0, 0.05) is 11.3 Å². The van der Waals surface area contributed by atoms with Gasteiger partial charge in [-0.3, -0.25) is 5.10 Å². The van der Waals surface area contributed by atoms with Crippen LogP contribution in [0.1, 0.15) is 31.0 Å². The lowest BCUT2D eigenvalue weighted by Gasteiger charge is -2.10. The molecule has 2 aromatic rings. The Bertz CT molecular complexity index is 558. The number of aromatic amines is 1. The second kappa shape index (κ2) is 4.72. The number of benzene rings is 1. The average Bonchev–Trinajstić information content (AvgIpc) is 2.71. The summed E-state index contributed by atoms with van der Waals surface area (Å²) in [6.45, 7) is 6.26. The van der Waals surface area contributed by atoms with Crippen molar-refractivity contribution < 1.29 is 4.74 Å². The number of hydrogen-bond acceptors (Lipinski definition) is 3. The molecule has 0 bridgehead atoms. The quantitative estimate of drug-likeness (QED) is 0.873. The molecule has 1 aromatic heterocycles. The first-order chi connectivity index (χ1) is 8.54. The standard InChI is InChI=1S/C14H19N3O/c1-8(2)13-12(14(15)17-16-13)10-5-6-11(18-4)9(3)7-10/h5-8H,1-4H3,(H3,15,16,17). The van der Waals surface area contributed by atoms with Gasteiger partial charge in [0.1, 0.15) is 5.75 Å². The van der Waals surface area contributed by atoms with Crippen LogP contribution in [0.15, 0.2) is 18.2 Å². The number of H-pyrrole nitrogens is 1. The third kappa shape index (κ3) is 2.06. The monoisotopic (exact) mass is 245 g/mol. The van der Waals surface area contributed by atoms with Gasteiger partial charge in [-0.2, -0.15) is 5.10 Å². The van der Waals surface area contributed by atoms with Gasteiger partial charge >= 0.3 is 0 Å². The summed E-state index contributed by atoms with van der Waals surface area (Å²) in [5.41, 5.74) is 10.2. The van der Waals surface area contributed by atoms with Crippen LogP contribution in [0.3, 0.4) is 0 Å². The van der Waals surface area contributed by atoms with Gasteiger partial charge < -0.3 is 10.5 Å². The molecule has 4 nitrogen and oxygen atoms in total. The van der Waals surface area contributed by atoms with Crippen molar-refractivity contribution >= 4 is 5.82 Å². The number of nitrogens with one attached hydrogen (secondary N) is 1. The van der Waals surface area contributed by atoms with Crippen LogP contribution in [0.5, 0.6) is 5.75 Å². The maximum absolute atomic E-state index is 5.96. The molecule has 0 aliphatic carbocycles. The lowest BCUT2D eigenvalue weighted by atomic mass is 9.98. The topological polar surface area (TPSA) is 63.9 Å². The third-order valence-corrected chi connectivity index (χ3v) is 3.08. The molecule has 1 heterocycles. The Labute approximate surface area is 107 Å². The largest absolute Gasteiger partial charge is 0.496 e. The van der Waals surface area contributed by atoms with Gasteiger partial charge in [-0.15, -0.1) is 0 Å². The van der Waals surface area contributed by atoms with E-state index in [1.165, 1.54) is 0 Å². The minimum absolute atomic E-state index is 0.354. The van der Waals surface area contributed by atoms with E-state index in [-0.39, 0.29) is 0 Å². The van der Waals surface area contributed by atoms with Gasteiger partial charge in [0.05, 0.1) is 7.11 Å². The number of nitrogens with two attached hydrogens (primary N) is 1. The number of ether oxygens (including phenoxy) is 1. The van der Waals surface area contributed by atoms with Crippen LogP contribution < -0.4 is 10.5 Å². The molecule has 3 N–H and O–H groups in total. The molecule has 0 aliphatic heterocycles. The molecule has 0 unspecified atom stereocenters. The maximum atomic E-state index is 5.96. The SMILES string of the molecule is COc1ccc(-c2c(N)n[nH]c2C(C)C)cc1C. The summed E-state index contributed by atoms with van der Waals surface area (Å²) in [6.07, 6.45) is 0. The molecule has 0 saturated heterocycles. The molecule has 18 heavy (non-hydrogen) atoms. The summed E-state index contributed by atoms with van der Waals surface area (Å²) in [5, 5.41) is 7.12. The molecule has 0 amide bonds. The Hall–Kier alpha value is -1.97. The zero-order valence-electron chi connectivity index (χ0n) is 11.2. The average molecular weight is 245 g/mol. The van der Waals surface area contributed by atoms with E-state index in [0.717, 1.165) is 28.1 Å². The van der Waals surface area contributed by atoms with Crippen molar-refractivity contribution in [3.8, 4) is 16.9 Å². The Morgan fingerprint density at radius 2 is 2.06 bits per heavy atom. The van der Waals surface area contributed by atoms with Crippen molar-refractivity contribution in [1.29, 1.82) is 0 Å². The van der Waals surface area contributed by atoms with Crippen LogP contribution in [-0.2, 0) is 0 Å². The van der Waals surface area contributed by atoms with Crippen molar-refractivity contribution in [3.63, 3.8) is 0 Å². The fraction of sp³-hybridized carbons (Fsp3) is 0.357. The van der Waals surface area contributed by atoms with Crippen molar-refractivity contribution in [1.82, 2.24) is 10.2 Å². The number of methoxy groups -OCH3 is 1. The van der Waals surface area contributed by atoms with Crippen LogP contribution in [0.2, 0.25) is 0 Å². The highest BCUT2D eigenvalue weighted by atomic mass is 16.5. The first-order valence-electron chi connectivity index (χ1n) is 6.03. The highest BCUT2D eigenvalue weighted by Gasteiger charge is 2.16. The summed E-state index contributed by atoms with van der Waals surface area (Å²) < 4.78 is 5.27. The van der Waals surface area contributed by atoms with E-state index in [2.05, 4.69) is 30.1 Å². The normalized spacial score (nSPS) is 10.9. The Balaban J connectivity index is 2.55. The number of aryl methyl sites for hydroxylation is 1. The number of nitrogen functional groups attached to an aromatic ring is 1. The lowest BCUT2D eigenvalue weighted by Crippen LogP contribution is -1.94. The van der Waals surface area contributed by atoms with Crippen molar-refractivity contribution in [2.75, 3.05) is 12.8 Å². The van der Waals surface area contributed by atoms with Crippen LogP contribution >= 0.6 is 0 Å². The molecular weight excluding hydrogens is 226 g/mol. The van der Waals surface area contributed by atoms with E-state index in [1.807, 2.05) is 19.1 Å². The highest BCUT2D eigenvalue weighted by Crippen LogP contribution is 2.34. The van der Waals surface area contributed by atoms with Gasteiger partial charge in [-0.1, -0.05) is 19.9 Å². The van der Waals surface area contributed by atoms with E-state index < -0.39 is 0 Å². The smallest absolute Gasteiger partial charge is 0.153 e. The molecule has 2 rings (SSSR count). The van der Waals surface area contributed by atoms with E-state index in [9.17, 15) is 0 Å². The molecule has 0 radical (unpaired) electrons. The number of anilines is 1. The van der Waals surface area contributed by atoms with Crippen LogP contribution in [0.4, 0.5) is 5.82 Å². The first-order valence-corrected chi connectivity index (χ1v) is 6.03. The Kier molecular flexibility index (Phi) is 3.28. The van der Waals surface area contributed by atoms with E-state index in [1.54, 1.807) is 7.11 Å². The highest BCUT2D eigenvalue weighted by molar-refractivity contribution is 5.77. The molecule has 0 aliphatic rings. The number of hydrogen-bond donors (Lipinski definition) is 2. The molecule has 4 heteroatoms. The lowest BCUT2D eigenvalue weighted by molar-refractivity contribution is 0.412. The fourth-order valence-corrected chi connectivity index (χ4v) is 2.13. The van der Waals surface area contributed by atoms with Gasteiger partial charge in [0.2, 0.25) is 0 Å². The fourth-order valence-electron chi connectivity index (χ4n) is 2.13. The zero-order chi connectivity index (χ0) is 13.3. The predicted octanol–water partition coefficient (Wildman–Crippen LogP) is 3.10. The van der Waals surface area contributed by atoms with Crippen LogP contribution in [-0.4, -0.2) is 17.3 Å². The van der Waals surface area contributed by atoms with E-state index in [0.29, 0.717) is 11.7 Å². The molecule has 0 fully saturated rings. The molecule has 0 spiro atoms. The molecule has 96 valence electrons. The van der Waals surface area contributed by atoms with Crippen molar-refractivity contribution in [2.45, 2.75) is 26.7 Å². The number of nitrogens with zero attached hydrogens (tertiary/aromatic N) is 1.